The van der Waals surface area contributed by atoms with E-state index in [1.165, 1.54) is 6.42 Å². The van der Waals surface area contributed by atoms with Gasteiger partial charge >= 0.3 is 0 Å². The minimum absolute atomic E-state index is 0. The topological polar surface area (TPSA) is 0 Å². The Labute approximate surface area is 67.3 Å². The predicted molar refractivity (Wildman–Crippen MR) is 53.1 cm³/mol. The lowest BCUT2D eigenvalue weighted by Crippen LogP contribution is -1.27. The van der Waals surface area contributed by atoms with Gasteiger partial charge in [-0.05, 0) is 21.9 Å². The van der Waals surface area contributed by atoms with E-state index in [1.807, 2.05) is 0 Å². The quantitative estimate of drug-likeness (QED) is 0.436. The molecule has 0 heterocycles. The van der Waals surface area contributed by atoms with E-state index in [2.05, 4.69) is 13.8 Å². The molecule has 0 saturated heterocycles. The molecule has 7 heavy (non-hydrogen) atoms. The van der Waals surface area contributed by atoms with E-state index in [-0.39, 0.29) is 46.7 Å². The molecule has 0 aromatic carbocycles. The van der Waals surface area contributed by atoms with Crippen LogP contribution in [-0.4, -0.2) is 21.9 Å². The van der Waals surface area contributed by atoms with Crippen LogP contribution in [0.2, 0.25) is 0 Å². The molecule has 0 nitrogen and oxygen atoms in total. The van der Waals surface area contributed by atoms with Crippen LogP contribution in [0.15, 0.2) is 0 Å². The van der Waals surface area contributed by atoms with Crippen LogP contribution in [0.4, 0.5) is 0 Å². The average Bonchev–Trinajstić information content (AvgIpc) is 0.918. The molecule has 0 fully saturated rings. The Kier molecular flexibility index (Phi) is 388. The standard InChI is InChI=1S/C3H8.2ClH.2H4Si/c1-3-2;;;;/h3H2,1-2H3;2*1H;2*1H4. The SMILES string of the molecule is CCC.Cl.Cl.[SiH4].[SiH4]. The van der Waals surface area contributed by atoms with Gasteiger partial charge in [0.25, 0.3) is 0 Å². The van der Waals surface area contributed by atoms with E-state index >= 15 is 0 Å². The maximum absolute atomic E-state index is 2.12. The lowest BCUT2D eigenvalue weighted by Gasteiger charge is -1.48. The zero-order chi connectivity index (χ0) is 2.71. The van der Waals surface area contributed by atoms with Gasteiger partial charge in [-0.3, -0.25) is 0 Å². The van der Waals surface area contributed by atoms with Gasteiger partial charge in [0, 0.05) is 0 Å². The first kappa shape index (κ1) is 43.4. The Bertz CT molecular complexity index is 10.9. The summed E-state index contributed by atoms with van der Waals surface area (Å²) in [6, 6.07) is 0. The molecule has 0 aliphatic rings. The molecule has 0 aliphatic heterocycles. The molecule has 0 spiro atoms. The van der Waals surface area contributed by atoms with Crippen LogP contribution in [0.25, 0.3) is 0 Å². The molecule has 0 aromatic heterocycles. The third-order valence-electron chi connectivity index (χ3n) is 0. The average molecular weight is 181 g/mol. The Morgan fingerprint density at radius 3 is 0.857 bits per heavy atom. The Morgan fingerprint density at radius 2 is 0.857 bits per heavy atom. The second-order valence-corrected chi connectivity index (χ2v) is 0.707. The monoisotopic (exact) mass is 180 g/mol. The maximum Gasteiger partial charge on any atom is -0.0149 e. The molecular weight excluding hydrogens is 163 g/mol. The fourth-order valence-electron chi connectivity index (χ4n) is 0. The summed E-state index contributed by atoms with van der Waals surface area (Å²) >= 11 is 0. The second kappa shape index (κ2) is 62.5. The second-order valence-electron chi connectivity index (χ2n) is 0.707. The van der Waals surface area contributed by atoms with Crippen LogP contribution in [0.5, 0.6) is 0 Å². The van der Waals surface area contributed by atoms with E-state index in [4.69, 9.17) is 0 Å². The first-order valence-corrected chi connectivity index (χ1v) is 1.41. The van der Waals surface area contributed by atoms with Gasteiger partial charge in [-0.1, -0.05) is 20.3 Å². The number of hydrogen-bond acceptors (Lipinski definition) is 0. The molecule has 0 N–H and O–H groups in total. The summed E-state index contributed by atoms with van der Waals surface area (Å²) in [5, 5.41) is 0. The molecule has 0 unspecified atom stereocenters. The van der Waals surface area contributed by atoms with Crippen LogP contribution in [0.3, 0.4) is 0 Å². The maximum atomic E-state index is 2.12. The highest BCUT2D eigenvalue weighted by molar-refractivity contribution is 5.85. The fraction of sp³-hybridized carbons (Fsp3) is 1.00. The van der Waals surface area contributed by atoms with E-state index < -0.39 is 0 Å². The van der Waals surface area contributed by atoms with Crippen molar-refractivity contribution in [2.24, 2.45) is 0 Å². The normalized spacial score (nSPS) is 2.57. The fourth-order valence-corrected chi connectivity index (χ4v) is 0. The molecule has 0 aromatic rings. The van der Waals surface area contributed by atoms with Crippen molar-refractivity contribution in [1.82, 2.24) is 0 Å². The minimum atomic E-state index is 0. The summed E-state index contributed by atoms with van der Waals surface area (Å²) in [6.45, 7) is 4.25. The third kappa shape index (κ3) is 172. The highest BCUT2D eigenvalue weighted by atomic mass is 35.5. The smallest absolute Gasteiger partial charge is 0.0149 e. The third-order valence-corrected chi connectivity index (χ3v) is 0. The van der Waals surface area contributed by atoms with Gasteiger partial charge in [0.05, 0.1) is 0 Å². The highest BCUT2D eigenvalue weighted by Gasteiger charge is 1.35. The first-order chi connectivity index (χ1) is 1.41. The van der Waals surface area contributed by atoms with Crippen LogP contribution in [-0.2, 0) is 0 Å². The lowest BCUT2D eigenvalue weighted by atomic mass is 10.6. The Morgan fingerprint density at radius 1 is 0.857 bits per heavy atom. The van der Waals surface area contributed by atoms with E-state index in [1.54, 1.807) is 0 Å². The van der Waals surface area contributed by atoms with Gasteiger partial charge in [-0.2, -0.15) is 0 Å². The summed E-state index contributed by atoms with van der Waals surface area (Å²) < 4.78 is 0. The lowest BCUT2D eigenvalue weighted by molar-refractivity contribution is 1.09. The molecular formula is C3H18Cl2Si2. The van der Waals surface area contributed by atoms with Crippen LogP contribution in [0, 0.1) is 0 Å². The van der Waals surface area contributed by atoms with Crippen LogP contribution >= 0.6 is 24.8 Å². The summed E-state index contributed by atoms with van der Waals surface area (Å²) in [6.07, 6.45) is 1.25. The van der Waals surface area contributed by atoms with Crippen molar-refractivity contribution in [3.63, 3.8) is 0 Å². The van der Waals surface area contributed by atoms with Gasteiger partial charge < -0.3 is 0 Å². The summed E-state index contributed by atoms with van der Waals surface area (Å²) in [7, 11) is 0. The molecule has 0 aliphatic carbocycles. The molecule has 0 atom stereocenters. The van der Waals surface area contributed by atoms with Gasteiger partial charge in [0.15, 0.2) is 0 Å². The van der Waals surface area contributed by atoms with Crippen molar-refractivity contribution in [3.05, 3.63) is 0 Å². The van der Waals surface area contributed by atoms with Crippen molar-refractivity contribution in [2.75, 3.05) is 0 Å². The Hall–Kier alpha value is 1.01. The molecule has 0 bridgehead atoms. The van der Waals surface area contributed by atoms with E-state index in [0.717, 1.165) is 0 Å². The summed E-state index contributed by atoms with van der Waals surface area (Å²) in [4.78, 5) is 0. The summed E-state index contributed by atoms with van der Waals surface area (Å²) in [5.74, 6) is 0. The van der Waals surface area contributed by atoms with Crippen molar-refractivity contribution >= 4 is 46.7 Å². The number of hydrogen-bond donors (Lipinski definition) is 0. The Balaban J connectivity index is -0.00000000333. The van der Waals surface area contributed by atoms with Crippen molar-refractivity contribution in [2.45, 2.75) is 20.3 Å². The largest absolute Gasteiger partial charge is 0.147 e. The minimum Gasteiger partial charge on any atom is -0.147 e. The molecule has 0 rings (SSSR count). The van der Waals surface area contributed by atoms with E-state index in [0.29, 0.717) is 0 Å². The molecule has 0 amide bonds. The number of rotatable bonds is 0. The van der Waals surface area contributed by atoms with Crippen molar-refractivity contribution < 1.29 is 0 Å². The van der Waals surface area contributed by atoms with Gasteiger partial charge in [0.1, 0.15) is 0 Å². The highest BCUT2D eigenvalue weighted by Crippen LogP contribution is 1.56. The van der Waals surface area contributed by atoms with Crippen molar-refractivity contribution in [1.29, 1.82) is 0 Å². The molecule has 52 valence electrons. The number of halogens is 2. The zero-order valence-corrected chi connectivity index (χ0v) is 5.16. The predicted octanol–water partition coefficient (Wildman–Crippen LogP) is -0.643. The first-order valence-electron chi connectivity index (χ1n) is 1.41. The molecule has 0 saturated carbocycles. The zero-order valence-electron chi connectivity index (χ0n) is 3.52. The van der Waals surface area contributed by atoms with Crippen LogP contribution < -0.4 is 0 Å². The van der Waals surface area contributed by atoms with Crippen molar-refractivity contribution in [3.8, 4) is 0 Å². The van der Waals surface area contributed by atoms with Gasteiger partial charge in [0.2, 0.25) is 0 Å². The van der Waals surface area contributed by atoms with Crippen LogP contribution in [0.1, 0.15) is 20.3 Å². The summed E-state index contributed by atoms with van der Waals surface area (Å²) in [5.41, 5.74) is 0. The van der Waals surface area contributed by atoms with E-state index in [9.17, 15) is 0 Å². The molecule has 0 radical (unpaired) electrons. The molecule has 4 heteroatoms. The van der Waals surface area contributed by atoms with Gasteiger partial charge in [-0.25, -0.2) is 0 Å². The van der Waals surface area contributed by atoms with Gasteiger partial charge in [-0.15, -0.1) is 24.8 Å².